The Labute approximate surface area is 168 Å². The van der Waals surface area contributed by atoms with Crippen molar-refractivity contribution in [3.63, 3.8) is 0 Å². The van der Waals surface area contributed by atoms with Crippen LogP contribution in [-0.4, -0.2) is 87.4 Å². The molecule has 4 aliphatic rings. The van der Waals surface area contributed by atoms with Crippen molar-refractivity contribution in [2.24, 2.45) is 11.8 Å². The van der Waals surface area contributed by atoms with E-state index in [1.807, 2.05) is 0 Å². The van der Waals surface area contributed by atoms with Crippen molar-refractivity contribution in [2.45, 2.75) is 50.5 Å². The maximum atomic E-state index is 6.15. The van der Waals surface area contributed by atoms with Crippen LogP contribution < -0.4 is 16.0 Å². The lowest BCUT2D eigenvalue weighted by Gasteiger charge is -2.38. The highest BCUT2D eigenvalue weighted by molar-refractivity contribution is 7.99. The Bertz CT molecular complexity index is 416. The summed E-state index contributed by atoms with van der Waals surface area (Å²) >= 11 is 2.13. The Morgan fingerprint density at radius 3 is 2.48 bits per heavy atom. The fourth-order valence-electron chi connectivity index (χ4n) is 4.86. The number of nitrogens with zero attached hydrogens (tertiary/aromatic N) is 1. The number of thioether (sulfide) groups is 1. The van der Waals surface area contributed by atoms with Crippen molar-refractivity contribution in [1.29, 1.82) is 0 Å². The first-order chi connectivity index (χ1) is 13.4. The molecule has 1 saturated carbocycles. The van der Waals surface area contributed by atoms with E-state index in [0.29, 0.717) is 18.4 Å². The lowest BCUT2D eigenvalue weighted by Crippen LogP contribution is -2.63. The SMILES string of the molecule is C1CN(CCOC2CCC(NC3NCC(C4CCSC4)CN3)CC2)CCO1. The summed E-state index contributed by atoms with van der Waals surface area (Å²) in [6, 6.07) is 0.618. The van der Waals surface area contributed by atoms with Gasteiger partial charge in [-0.1, -0.05) is 0 Å². The van der Waals surface area contributed by atoms with Crippen LogP contribution in [0.15, 0.2) is 0 Å². The molecule has 4 rings (SSSR count). The highest BCUT2D eigenvalue weighted by Gasteiger charge is 2.30. The number of ether oxygens (including phenoxy) is 2. The van der Waals surface area contributed by atoms with Crippen molar-refractivity contribution in [1.82, 2.24) is 20.9 Å². The number of nitrogens with one attached hydrogen (secondary N) is 3. The third-order valence-corrected chi connectivity index (χ3v) is 7.93. The smallest absolute Gasteiger partial charge is 0.112 e. The van der Waals surface area contributed by atoms with E-state index >= 15 is 0 Å². The molecule has 3 N–H and O–H groups in total. The molecule has 4 fully saturated rings. The van der Waals surface area contributed by atoms with Crippen molar-refractivity contribution in [3.05, 3.63) is 0 Å². The quantitative estimate of drug-likeness (QED) is 0.593. The largest absolute Gasteiger partial charge is 0.379 e. The first-order valence-electron chi connectivity index (χ1n) is 11.1. The van der Waals surface area contributed by atoms with E-state index in [2.05, 4.69) is 32.6 Å². The van der Waals surface area contributed by atoms with Crippen LogP contribution in [-0.2, 0) is 9.47 Å². The maximum Gasteiger partial charge on any atom is 0.112 e. The van der Waals surface area contributed by atoms with Gasteiger partial charge in [-0.3, -0.25) is 20.9 Å². The Morgan fingerprint density at radius 1 is 1.00 bits per heavy atom. The lowest BCUT2D eigenvalue weighted by molar-refractivity contribution is -0.0119. The number of hydrogen-bond acceptors (Lipinski definition) is 7. The fraction of sp³-hybridized carbons (Fsp3) is 1.00. The summed E-state index contributed by atoms with van der Waals surface area (Å²) in [5, 5.41) is 11.2. The minimum atomic E-state index is 0.291. The summed E-state index contributed by atoms with van der Waals surface area (Å²) in [5.41, 5.74) is 0. The van der Waals surface area contributed by atoms with E-state index in [-0.39, 0.29) is 0 Å². The van der Waals surface area contributed by atoms with Crippen LogP contribution in [0.25, 0.3) is 0 Å². The standard InChI is InChI=1S/C20H38N4O2S/c1-3-19(26-11-8-24-6-9-25-10-7-24)4-2-18(1)23-20-21-13-17(14-22-20)16-5-12-27-15-16/h16-23H,1-15H2. The van der Waals surface area contributed by atoms with E-state index in [4.69, 9.17) is 9.47 Å². The average molecular weight is 399 g/mol. The van der Waals surface area contributed by atoms with Gasteiger partial charge in [0.1, 0.15) is 6.29 Å². The van der Waals surface area contributed by atoms with Crippen LogP contribution in [0.5, 0.6) is 0 Å². The third-order valence-electron chi connectivity index (χ3n) is 6.74. The zero-order valence-electron chi connectivity index (χ0n) is 16.7. The second kappa shape index (κ2) is 10.8. The van der Waals surface area contributed by atoms with Gasteiger partial charge >= 0.3 is 0 Å². The summed E-state index contributed by atoms with van der Waals surface area (Å²) in [5.74, 6) is 4.46. The molecular weight excluding hydrogens is 360 g/mol. The van der Waals surface area contributed by atoms with Gasteiger partial charge < -0.3 is 9.47 Å². The Morgan fingerprint density at radius 2 is 1.78 bits per heavy atom. The van der Waals surface area contributed by atoms with Gasteiger partial charge in [-0.05, 0) is 55.4 Å². The molecule has 7 heteroatoms. The van der Waals surface area contributed by atoms with Gasteiger partial charge in [0, 0.05) is 38.8 Å². The summed E-state index contributed by atoms with van der Waals surface area (Å²) in [6.07, 6.45) is 6.99. The third kappa shape index (κ3) is 6.29. The number of hydrogen-bond donors (Lipinski definition) is 3. The van der Waals surface area contributed by atoms with Gasteiger partial charge in [-0.25, -0.2) is 0 Å². The molecule has 0 aromatic carbocycles. The van der Waals surface area contributed by atoms with Crippen LogP contribution in [0, 0.1) is 11.8 Å². The minimum absolute atomic E-state index is 0.291. The van der Waals surface area contributed by atoms with Crippen LogP contribution >= 0.6 is 11.8 Å². The summed E-state index contributed by atoms with van der Waals surface area (Å²) in [7, 11) is 0. The van der Waals surface area contributed by atoms with E-state index in [1.54, 1.807) is 0 Å². The molecule has 0 amide bonds. The molecule has 1 atom stereocenters. The van der Waals surface area contributed by atoms with E-state index in [1.165, 1.54) is 43.6 Å². The number of rotatable bonds is 7. The molecule has 0 aromatic heterocycles. The summed E-state index contributed by atoms with van der Waals surface area (Å²) in [4.78, 5) is 2.45. The minimum Gasteiger partial charge on any atom is -0.379 e. The van der Waals surface area contributed by atoms with Crippen LogP contribution in [0.2, 0.25) is 0 Å². The molecule has 1 aliphatic carbocycles. The Balaban J connectivity index is 1.06. The highest BCUT2D eigenvalue weighted by Crippen LogP contribution is 2.30. The normalized spacial score (nSPS) is 38.9. The van der Waals surface area contributed by atoms with Crippen molar-refractivity contribution < 1.29 is 9.47 Å². The van der Waals surface area contributed by atoms with Crippen LogP contribution in [0.4, 0.5) is 0 Å². The molecule has 3 aliphatic heterocycles. The van der Waals surface area contributed by atoms with Crippen LogP contribution in [0.3, 0.4) is 0 Å². The van der Waals surface area contributed by atoms with Gasteiger partial charge in [0.25, 0.3) is 0 Å². The summed E-state index contributed by atoms with van der Waals surface area (Å²) in [6.45, 7) is 8.11. The monoisotopic (exact) mass is 398 g/mol. The van der Waals surface area contributed by atoms with Gasteiger partial charge in [0.2, 0.25) is 0 Å². The highest BCUT2D eigenvalue weighted by atomic mass is 32.2. The Hall–Kier alpha value is 0.110. The van der Waals surface area contributed by atoms with Crippen molar-refractivity contribution in [3.8, 4) is 0 Å². The first-order valence-corrected chi connectivity index (χ1v) is 12.2. The molecule has 0 bridgehead atoms. The van der Waals surface area contributed by atoms with E-state index in [0.717, 1.165) is 64.4 Å². The van der Waals surface area contributed by atoms with E-state index < -0.39 is 0 Å². The lowest BCUT2D eigenvalue weighted by atomic mass is 9.90. The molecule has 0 spiro atoms. The maximum absolute atomic E-state index is 6.15. The molecule has 6 nitrogen and oxygen atoms in total. The molecule has 27 heavy (non-hydrogen) atoms. The van der Waals surface area contributed by atoms with Gasteiger partial charge in [-0.15, -0.1) is 0 Å². The molecule has 156 valence electrons. The predicted molar refractivity (Wildman–Crippen MR) is 111 cm³/mol. The summed E-state index contributed by atoms with van der Waals surface area (Å²) < 4.78 is 11.6. The molecule has 3 heterocycles. The second-order valence-electron chi connectivity index (χ2n) is 8.60. The van der Waals surface area contributed by atoms with Gasteiger partial charge in [-0.2, -0.15) is 11.8 Å². The average Bonchev–Trinajstić information content (AvgIpc) is 3.26. The zero-order valence-corrected chi connectivity index (χ0v) is 17.5. The Kier molecular flexibility index (Phi) is 8.13. The van der Waals surface area contributed by atoms with Crippen molar-refractivity contribution in [2.75, 3.05) is 64.1 Å². The molecular formula is C20H38N4O2S. The van der Waals surface area contributed by atoms with Gasteiger partial charge in [0.05, 0.1) is 25.9 Å². The zero-order chi connectivity index (χ0) is 18.3. The second-order valence-corrected chi connectivity index (χ2v) is 9.75. The predicted octanol–water partition coefficient (Wildman–Crippen LogP) is 1.08. The molecule has 3 saturated heterocycles. The molecule has 0 aromatic rings. The molecule has 0 radical (unpaired) electrons. The van der Waals surface area contributed by atoms with Crippen LogP contribution in [0.1, 0.15) is 32.1 Å². The topological polar surface area (TPSA) is 57.8 Å². The first kappa shape index (κ1) is 20.4. The fourth-order valence-corrected chi connectivity index (χ4v) is 6.24. The number of morpholine rings is 1. The van der Waals surface area contributed by atoms with Gasteiger partial charge in [0.15, 0.2) is 0 Å². The van der Waals surface area contributed by atoms with Crippen molar-refractivity contribution >= 4 is 11.8 Å². The molecule has 1 unspecified atom stereocenters. The van der Waals surface area contributed by atoms with E-state index in [9.17, 15) is 0 Å².